The summed E-state index contributed by atoms with van der Waals surface area (Å²) >= 11 is 1.10. The maximum Gasteiger partial charge on any atom is 0.267 e. The molecule has 0 unspecified atom stereocenters. The van der Waals surface area contributed by atoms with Gasteiger partial charge in [-0.15, -0.1) is 5.10 Å². The Morgan fingerprint density at radius 2 is 1.85 bits per heavy atom. The van der Waals surface area contributed by atoms with Gasteiger partial charge in [0.15, 0.2) is 0 Å². The molecule has 1 aromatic heterocycles. The fraction of sp³-hybridized carbons (Fsp3) is 0.471. The maximum absolute atomic E-state index is 12.9. The van der Waals surface area contributed by atoms with Gasteiger partial charge in [-0.05, 0) is 55.1 Å². The molecule has 7 nitrogen and oxygen atoms in total. The standard InChI is InChI=1S/C17H22N4O3S2/c1-4-15-16(25-19-18-15)17(22)20-7-9-21(10-8-20)26(23,24)14-6-5-12(2)13(3)11-14/h5-6,11H,4,7-10H2,1-3H3. The molecule has 1 aromatic carbocycles. The van der Waals surface area contributed by atoms with Crippen molar-refractivity contribution in [1.82, 2.24) is 18.8 Å². The Morgan fingerprint density at radius 1 is 1.15 bits per heavy atom. The molecule has 3 rings (SSSR count). The third kappa shape index (κ3) is 3.51. The van der Waals surface area contributed by atoms with Gasteiger partial charge in [-0.3, -0.25) is 4.79 Å². The summed E-state index contributed by atoms with van der Waals surface area (Å²) in [6, 6.07) is 5.18. The summed E-state index contributed by atoms with van der Waals surface area (Å²) in [5.41, 5.74) is 2.71. The van der Waals surface area contributed by atoms with Crippen LogP contribution < -0.4 is 0 Å². The Kier molecular flexibility index (Phi) is 5.40. The number of nitrogens with zero attached hydrogens (tertiary/aromatic N) is 4. The minimum Gasteiger partial charge on any atom is -0.335 e. The van der Waals surface area contributed by atoms with Crippen LogP contribution in [0.1, 0.15) is 33.4 Å². The lowest BCUT2D eigenvalue weighted by Gasteiger charge is -2.33. The zero-order chi connectivity index (χ0) is 18.9. The summed E-state index contributed by atoms with van der Waals surface area (Å²) in [7, 11) is -3.54. The second-order valence-electron chi connectivity index (χ2n) is 6.34. The highest BCUT2D eigenvalue weighted by molar-refractivity contribution is 7.89. The summed E-state index contributed by atoms with van der Waals surface area (Å²) in [6.07, 6.45) is 0.651. The van der Waals surface area contributed by atoms with Crippen LogP contribution in [0.5, 0.6) is 0 Å². The van der Waals surface area contributed by atoms with Gasteiger partial charge in [0.2, 0.25) is 10.0 Å². The van der Waals surface area contributed by atoms with Crippen LogP contribution >= 0.6 is 11.5 Å². The van der Waals surface area contributed by atoms with Crippen LogP contribution in [0, 0.1) is 13.8 Å². The lowest BCUT2D eigenvalue weighted by molar-refractivity contribution is 0.0701. The first kappa shape index (κ1) is 18.9. The van der Waals surface area contributed by atoms with Gasteiger partial charge >= 0.3 is 0 Å². The molecular weight excluding hydrogens is 372 g/mol. The van der Waals surface area contributed by atoms with Crippen LogP contribution in [0.3, 0.4) is 0 Å². The number of carbonyl (C=O) groups is 1. The summed E-state index contributed by atoms with van der Waals surface area (Å²) < 4.78 is 31.0. The van der Waals surface area contributed by atoms with Gasteiger partial charge in [-0.2, -0.15) is 4.31 Å². The van der Waals surface area contributed by atoms with E-state index in [9.17, 15) is 13.2 Å². The van der Waals surface area contributed by atoms with E-state index in [-0.39, 0.29) is 19.0 Å². The van der Waals surface area contributed by atoms with Crippen LogP contribution in [0.4, 0.5) is 0 Å². The van der Waals surface area contributed by atoms with E-state index in [2.05, 4.69) is 9.59 Å². The predicted molar refractivity (Wildman–Crippen MR) is 99.9 cm³/mol. The van der Waals surface area contributed by atoms with Gasteiger partial charge in [0, 0.05) is 26.2 Å². The molecule has 0 aliphatic carbocycles. The highest BCUT2D eigenvalue weighted by Crippen LogP contribution is 2.22. The molecule has 0 spiro atoms. The van der Waals surface area contributed by atoms with Gasteiger partial charge in [-0.1, -0.05) is 17.5 Å². The third-order valence-corrected chi connectivity index (χ3v) is 7.38. The number of aromatic nitrogens is 2. The predicted octanol–water partition coefficient (Wildman–Crippen LogP) is 1.86. The molecular formula is C17H22N4O3S2. The van der Waals surface area contributed by atoms with E-state index in [1.807, 2.05) is 26.8 Å². The van der Waals surface area contributed by atoms with Crippen molar-refractivity contribution in [2.24, 2.45) is 0 Å². The topological polar surface area (TPSA) is 83.5 Å². The minimum atomic E-state index is -3.54. The monoisotopic (exact) mass is 394 g/mol. The largest absolute Gasteiger partial charge is 0.335 e. The van der Waals surface area contributed by atoms with Crippen molar-refractivity contribution in [3.05, 3.63) is 39.9 Å². The zero-order valence-corrected chi connectivity index (χ0v) is 16.7. The summed E-state index contributed by atoms with van der Waals surface area (Å²) in [6.45, 7) is 7.09. The van der Waals surface area contributed by atoms with Crippen LogP contribution in [-0.2, 0) is 16.4 Å². The molecule has 2 heterocycles. The Labute approximate surface area is 157 Å². The highest BCUT2D eigenvalue weighted by Gasteiger charge is 2.31. The number of benzene rings is 1. The normalized spacial score (nSPS) is 16.0. The average Bonchev–Trinajstić information content (AvgIpc) is 3.12. The molecule has 1 amide bonds. The summed E-state index contributed by atoms with van der Waals surface area (Å²) in [5, 5.41) is 3.97. The summed E-state index contributed by atoms with van der Waals surface area (Å²) in [5.74, 6) is -0.111. The molecule has 0 saturated carbocycles. The molecule has 9 heteroatoms. The van der Waals surface area contributed by atoms with Gasteiger partial charge in [0.05, 0.1) is 10.6 Å². The van der Waals surface area contributed by atoms with E-state index in [1.165, 1.54) is 4.31 Å². The van der Waals surface area contributed by atoms with Crippen molar-refractivity contribution in [2.75, 3.05) is 26.2 Å². The van der Waals surface area contributed by atoms with Gasteiger partial charge in [0.25, 0.3) is 5.91 Å². The lowest BCUT2D eigenvalue weighted by atomic mass is 10.1. The minimum absolute atomic E-state index is 0.111. The van der Waals surface area contributed by atoms with E-state index in [0.717, 1.165) is 22.7 Å². The molecule has 140 valence electrons. The first-order chi connectivity index (χ1) is 12.3. The number of carbonyl (C=O) groups excluding carboxylic acids is 1. The number of sulfonamides is 1. The van der Waals surface area contributed by atoms with E-state index in [0.29, 0.717) is 35.0 Å². The molecule has 0 atom stereocenters. The molecule has 1 saturated heterocycles. The zero-order valence-electron chi connectivity index (χ0n) is 15.1. The first-order valence-electron chi connectivity index (χ1n) is 8.52. The Hall–Kier alpha value is -1.84. The van der Waals surface area contributed by atoms with Crippen LogP contribution in [0.15, 0.2) is 23.1 Å². The molecule has 1 aliphatic heterocycles. The molecule has 0 bridgehead atoms. The molecule has 1 aliphatic rings. The van der Waals surface area contributed by atoms with Crippen LogP contribution in [-0.4, -0.2) is 59.3 Å². The van der Waals surface area contributed by atoms with Crippen molar-refractivity contribution in [2.45, 2.75) is 32.1 Å². The fourth-order valence-corrected chi connectivity index (χ4v) is 5.13. The molecule has 2 aromatic rings. The molecule has 1 fully saturated rings. The van der Waals surface area contributed by atoms with Crippen molar-refractivity contribution < 1.29 is 13.2 Å². The molecule has 26 heavy (non-hydrogen) atoms. The molecule has 0 radical (unpaired) electrons. The van der Waals surface area contributed by atoms with E-state index in [1.54, 1.807) is 17.0 Å². The van der Waals surface area contributed by atoms with E-state index >= 15 is 0 Å². The third-order valence-electron chi connectivity index (χ3n) is 4.73. The fourth-order valence-electron chi connectivity index (χ4n) is 2.90. The Balaban J connectivity index is 1.71. The SMILES string of the molecule is CCc1nnsc1C(=O)N1CCN(S(=O)(=O)c2ccc(C)c(C)c2)CC1. The van der Waals surface area contributed by atoms with Crippen molar-refractivity contribution in [3.8, 4) is 0 Å². The van der Waals surface area contributed by atoms with Gasteiger partial charge in [0.1, 0.15) is 4.88 Å². The summed E-state index contributed by atoms with van der Waals surface area (Å²) in [4.78, 5) is 15.2. The maximum atomic E-state index is 12.9. The molecule has 0 N–H and O–H groups in total. The second-order valence-corrected chi connectivity index (χ2v) is 9.04. The van der Waals surface area contributed by atoms with Crippen molar-refractivity contribution in [1.29, 1.82) is 0 Å². The Bertz CT molecular complexity index is 916. The average molecular weight is 395 g/mol. The Morgan fingerprint density at radius 3 is 2.46 bits per heavy atom. The van der Waals surface area contributed by atoms with Crippen molar-refractivity contribution in [3.63, 3.8) is 0 Å². The van der Waals surface area contributed by atoms with Gasteiger partial charge in [-0.25, -0.2) is 8.42 Å². The smallest absolute Gasteiger partial charge is 0.267 e. The van der Waals surface area contributed by atoms with Gasteiger partial charge < -0.3 is 4.90 Å². The van der Waals surface area contributed by atoms with Crippen LogP contribution in [0.2, 0.25) is 0 Å². The number of rotatable bonds is 4. The van der Waals surface area contributed by atoms with E-state index in [4.69, 9.17) is 0 Å². The number of piperazine rings is 1. The van der Waals surface area contributed by atoms with Crippen molar-refractivity contribution >= 4 is 27.5 Å². The number of hydrogen-bond acceptors (Lipinski definition) is 6. The lowest BCUT2D eigenvalue weighted by Crippen LogP contribution is -2.50. The highest BCUT2D eigenvalue weighted by atomic mass is 32.2. The van der Waals surface area contributed by atoms with E-state index < -0.39 is 10.0 Å². The number of amides is 1. The number of aryl methyl sites for hydroxylation is 3. The first-order valence-corrected chi connectivity index (χ1v) is 10.7. The number of hydrogen-bond donors (Lipinski definition) is 0. The quantitative estimate of drug-likeness (QED) is 0.790. The van der Waals surface area contributed by atoms with Crippen LogP contribution in [0.25, 0.3) is 0 Å². The second kappa shape index (κ2) is 7.42.